The Morgan fingerprint density at radius 1 is 1.03 bits per heavy atom. The van der Waals surface area contributed by atoms with Crippen molar-refractivity contribution in [2.75, 3.05) is 13.7 Å². The zero-order chi connectivity index (χ0) is 24.1. The van der Waals surface area contributed by atoms with Gasteiger partial charge in [-0.15, -0.1) is 6.58 Å². The molecule has 0 atom stereocenters. The molecule has 7 heteroatoms. The quantitative estimate of drug-likeness (QED) is 0.182. The van der Waals surface area contributed by atoms with E-state index in [1.165, 1.54) is 12.2 Å². The minimum Gasteiger partial charge on any atom is -0.505 e. The third-order valence-corrected chi connectivity index (χ3v) is 3.58. The van der Waals surface area contributed by atoms with Crippen LogP contribution in [-0.4, -0.2) is 18.8 Å². The van der Waals surface area contributed by atoms with Crippen LogP contribution in [0.2, 0.25) is 0 Å². The number of ether oxygens (including phenoxy) is 2. The van der Waals surface area contributed by atoms with E-state index < -0.39 is 40.5 Å². The summed E-state index contributed by atoms with van der Waals surface area (Å²) in [4.78, 5) is 0. The topological polar surface area (TPSA) is 38.7 Å². The van der Waals surface area contributed by atoms with Crippen LogP contribution in [0.5, 0.6) is 11.5 Å². The standard InChI is InChI=1S/C20H18F4O3.C4H8/c1-11(10-27-16-9-8-15(25)19(23)20(16)24)6-7-12(2)13(3)17(21)18(22)14(4)26-5;1-3-4-2/h6-9,25H,1-4,10H2,5H3;3H,1,4H2,2H3/b7-6-,18-17-;. The maximum atomic E-state index is 13.9. The first-order chi connectivity index (χ1) is 14.5. The normalized spacial score (nSPS) is 11.0. The molecule has 0 aliphatic heterocycles. The Kier molecular flexibility index (Phi) is 12.2. The molecule has 0 unspecified atom stereocenters. The molecule has 0 fully saturated rings. The lowest BCUT2D eigenvalue weighted by molar-refractivity contribution is 0.281. The monoisotopic (exact) mass is 438 g/mol. The van der Waals surface area contributed by atoms with Crippen molar-refractivity contribution < 1.29 is 32.1 Å². The Morgan fingerprint density at radius 3 is 2.13 bits per heavy atom. The fraction of sp³-hybridized carbons (Fsp3) is 0.167. The highest BCUT2D eigenvalue weighted by Crippen LogP contribution is 2.28. The molecule has 1 N–H and O–H groups in total. The van der Waals surface area contributed by atoms with Gasteiger partial charge < -0.3 is 14.6 Å². The van der Waals surface area contributed by atoms with Gasteiger partial charge in [0.15, 0.2) is 17.3 Å². The van der Waals surface area contributed by atoms with Gasteiger partial charge in [0.2, 0.25) is 17.5 Å². The highest BCUT2D eigenvalue weighted by molar-refractivity contribution is 5.49. The van der Waals surface area contributed by atoms with Gasteiger partial charge in [0.25, 0.3) is 0 Å². The van der Waals surface area contributed by atoms with E-state index in [4.69, 9.17) is 9.84 Å². The molecule has 1 aromatic rings. The molecular weight excluding hydrogens is 412 g/mol. The minimum absolute atomic E-state index is 0.0366. The van der Waals surface area contributed by atoms with Gasteiger partial charge in [0.05, 0.1) is 7.11 Å². The largest absolute Gasteiger partial charge is 0.505 e. The number of phenols is 1. The van der Waals surface area contributed by atoms with Gasteiger partial charge in [-0.3, -0.25) is 0 Å². The zero-order valence-electron chi connectivity index (χ0n) is 17.6. The SMILES string of the molecule is C=C(/C=C\C(=C)C(=C)/C(F)=C(/F)C(=C)OC)COc1ccc(O)c(F)c1F.C=CCC. The molecule has 0 aromatic heterocycles. The molecule has 0 aliphatic rings. The van der Waals surface area contributed by atoms with Crippen LogP contribution in [0, 0.1) is 11.6 Å². The molecule has 0 aliphatic carbocycles. The molecule has 0 saturated carbocycles. The molecule has 1 rings (SSSR count). The van der Waals surface area contributed by atoms with E-state index in [2.05, 4.69) is 44.6 Å². The fourth-order valence-electron chi connectivity index (χ4n) is 1.66. The van der Waals surface area contributed by atoms with E-state index >= 15 is 0 Å². The summed E-state index contributed by atoms with van der Waals surface area (Å²) in [5, 5.41) is 9.04. The smallest absolute Gasteiger partial charge is 0.204 e. The number of allylic oxidation sites excluding steroid dienone is 6. The summed E-state index contributed by atoms with van der Waals surface area (Å²) in [6.45, 7) is 19.1. The number of aromatic hydroxyl groups is 1. The van der Waals surface area contributed by atoms with Gasteiger partial charge in [-0.05, 0) is 29.7 Å². The van der Waals surface area contributed by atoms with Crippen molar-refractivity contribution >= 4 is 0 Å². The summed E-state index contributed by atoms with van der Waals surface area (Å²) in [6.07, 6.45) is 5.61. The summed E-state index contributed by atoms with van der Waals surface area (Å²) in [6, 6.07) is 1.99. The second-order valence-electron chi connectivity index (χ2n) is 5.95. The van der Waals surface area contributed by atoms with Crippen LogP contribution in [0.25, 0.3) is 0 Å². The molecule has 0 saturated heterocycles. The van der Waals surface area contributed by atoms with Crippen molar-refractivity contribution in [2.24, 2.45) is 0 Å². The predicted octanol–water partition coefficient (Wildman–Crippen LogP) is 7.17. The third-order valence-electron chi connectivity index (χ3n) is 3.58. The summed E-state index contributed by atoms with van der Waals surface area (Å²) >= 11 is 0. The number of methoxy groups -OCH3 is 1. The first-order valence-electron chi connectivity index (χ1n) is 8.95. The van der Waals surface area contributed by atoms with Gasteiger partial charge in [-0.1, -0.05) is 51.5 Å². The van der Waals surface area contributed by atoms with Crippen molar-refractivity contribution in [1.82, 2.24) is 0 Å². The van der Waals surface area contributed by atoms with Crippen LogP contribution in [0.3, 0.4) is 0 Å². The van der Waals surface area contributed by atoms with Crippen LogP contribution in [0.4, 0.5) is 17.6 Å². The molecule has 0 heterocycles. The Bertz CT molecular complexity index is 912. The van der Waals surface area contributed by atoms with Crippen LogP contribution in [-0.2, 0) is 4.74 Å². The number of hydrogen-bond donors (Lipinski definition) is 1. The Hall–Kier alpha value is -3.48. The van der Waals surface area contributed by atoms with Crippen LogP contribution >= 0.6 is 0 Å². The second kappa shape index (κ2) is 13.7. The van der Waals surface area contributed by atoms with Crippen molar-refractivity contribution in [3.8, 4) is 11.5 Å². The maximum absolute atomic E-state index is 13.9. The molecule has 0 spiro atoms. The third kappa shape index (κ3) is 8.82. The van der Waals surface area contributed by atoms with Crippen LogP contribution < -0.4 is 4.74 Å². The van der Waals surface area contributed by atoms with E-state index in [-0.39, 0.29) is 17.8 Å². The van der Waals surface area contributed by atoms with E-state index in [0.717, 1.165) is 25.7 Å². The lowest BCUT2D eigenvalue weighted by Gasteiger charge is -2.09. The number of phenolic OH excluding ortho intramolecular Hbond substituents is 1. The van der Waals surface area contributed by atoms with Crippen molar-refractivity contribution in [2.45, 2.75) is 13.3 Å². The number of benzene rings is 1. The van der Waals surface area contributed by atoms with Gasteiger partial charge >= 0.3 is 0 Å². The first kappa shape index (κ1) is 27.5. The molecule has 31 heavy (non-hydrogen) atoms. The summed E-state index contributed by atoms with van der Waals surface area (Å²) in [7, 11) is 1.14. The molecule has 0 radical (unpaired) electrons. The van der Waals surface area contributed by atoms with Crippen molar-refractivity contribution in [3.63, 3.8) is 0 Å². The van der Waals surface area contributed by atoms with Gasteiger partial charge in [0, 0.05) is 5.57 Å². The highest BCUT2D eigenvalue weighted by Gasteiger charge is 2.15. The molecule has 0 bridgehead atoms. The molecule has 1 aromatic carbocycles. The minimum atomic E-state index is -1.43. The molecular formula is C24H26F4O3. The van der Waals surface area contributed by atoms with E-state index in [1.807, 2.05) is 6.08 Å². The average molecular weight is 438 g/mol. The summed E-state index contributed by atoms with van der Waals surface area (Å²) < 4.78 is 63.9. The van der Waals surface area contributed by atoms with E-state index in [0.29, 0.717) is 5.57 Å². The van der Waals surface area contributed by atoms with Crippen molar-refractivity contribution in [3.05, 3.63) is 109 Å². The van der Waals surface area contributed by atoms with Gasteiger partial charge in [0.1, 0.15) is 12.4 Å². The van der Waals surface area contributed by atoms with E-state index in [1.54, 1.807) is 0 Å². The number of rotatable bonds is 10. The van der Waals surface area contributed by atoms with Crippen molar-refractivity contribution in [1.29, 1.82) is 0 Å². The van der Waals surface area contributed by atoms with Gasteiger partial charge in [-0.2, -0.15) is 13.2 Å². The molecule has 0 amide bonds. The van der Waals surface area contributed by atoms with Gasteiger partial charge in [-0.25, -0.2) is 4.39 Å². The lowest BCUT2D eigenvalue weighted by atomic mass is 10.1. The van der Waals surface area contributed by atoms with E-state index in [9.17, 15) is 17.6 Å². The predicted molar refractivity (Wildman–Crippen MR) is 116 cm³/mol. The van der Waals surface area contributed by atoms with Crippen LogP contribution in [0.15, 0.2) is 97.4 Å². The second-order valence-corrected chi connectivity index (χ2v) is 5.95. The number of hydrogen-bond acceptors (Lipinski definition) is 3. The highest BCUT2D eigenvalue weighted by atomic mass is 19.2. The summed E-state index contributed by atoms with van der Waals surface area (Å²) in [5.74, 6) is -7.11. The summed E-state index contributed by atoms with van der Waals surface area (Å²) in [5.41, 5.74) is -0.000117. The lowest BCUT2D eigenvalue weighted by Crippen LogP contribution is -2.02. The molecule has 168 valence electrons. The maximum Gasteiger partial charge on any atom is 0.204 e. The number of halogens is 4. The first-order valence-corrected chi connectivity index (χ1v) is 8.95. The van der Waals surface area contributed by atoms with Crippen LogP contribution in [0.1, 0.15) is 13.3 Å². The zero-order valence-corrected chi connectivity index (χ0v) is 17.6. The Balaban J connectivity index is 0.00000206. The average Bonchev–Trinajstić information content (AvgIpc) is 2.78. The molecule has 3 nitrogen and oxygen atoms in total. The Morgan fingerprint density at radius 2 is 1.61 bits per heavy atom. The fourth-order valence-corrected chi connectivity index (χ4v) is 1.66. The Labute approximate surface area is 180 Å².